The standard InChI is InChI=1S/C22H22N2O3S2/c25-22(17-6-2-4-8-21(17)28-15-10-12-29(26,27)14-15)24-11-9-20-18(13-24)16-5-1-3-7-19(16)23-20/h1-8,15,23H,9-14H2/t15-/m1/s1. The lowest BCUT2D eigenvalue weighted by molar-refractivity contribution is 0.0731. The molecule has 5 nitrogen and oxygen atoms in total. The summed E-state index contributed by atoms with van der Waals surface area (Å²) in [5.74, 6) is 0.462. The van der Waals surface area contributed by atoms with E-state index in [-0.39, 0.29) is 22.7 Å². The zero-order valence-electron chi connectivity index (χ0n) is 15.9. The average molecular weight is 427 g/mol. The van der Waals surface area contributed by atoms with Gasteiger partial charge in [-0.15, -0.1) is 11.8 Å². The van der Waals surface area contributed by atoms with Gasteiger partial charge in [0.1, 0.15) is 0 Å². The number of aromatic nitrogens is 1. The molecule has 150 valence electrons. The highest BCUT2D eigenvalue weighted by Crippen LogP contribution is 2.34. The molecule has 0 saturated carbocycles. The van der Waals surface area contributed by atoms with E-state index in [2.05, 4.69) is 17.1 Å². The van der Waals surface area contributed by atoms with Crippen molar-refractivity contribution in [1.29, 1.82) is 0 Å². The molecule has 1 aromatic heterocycles. The molecule has 3 heterocycles. The molecule has 7 heteroatoms. The average Bonchev–Trinajstić information content (AvgIpc) is 3.26. The molecule has 5 rings (SSSR count). The minimum Gasteiger partial charge on any atom is -0.358 e. The molecule has 0 unspecified atom stereocenters. The van der Waals surface area contributed by atoms with Crippen LogP contribution in [0.3, 0.4) is 0 Å². The van der Waals surface area contributed by atoms with E-state index in [1.807, 2.05) is 41.3 Å². The summed E-state index contributed by atoms with van der Waals surface area (Å²) in [6, 6.07) is 15.8. The van der Waals surface area contributed by atoms with Gasteiger partial charge in [0.2, 0.25) is 0 Å². The molecule has 1 N–H and O–H groups in total. The first kappa shape index (κ1) is 18.8. The van der Waals surface area contributed by atoms with Crippen molar-refractivity contribution in [3.05, 3.63) is 65.4 Å². The lowest BCUT2D eigenvalue weighted by Gasteiger charge is -2.28. The van der Waals surface area contributed by atoms with Crippen molar-refractivity contribution >= 4 is 38.4 Å². The molecule has 1 saturated heterocycles. The second kappa shape index (κ2) is 7.22. The molecule has 2 aliphatic heterocycles. The maximum absolute atomic E-state index is 13.4. The van der Waals surface area contributed by atoms with Gasteiger partial charge in [0.25, 0.3) is 5.91 Å². The number of benzene rings is 2. The smallest absolute Gasteiger partial charge is 0.255 e. The predicted molar refractivity (Wildman–Crippen MR) is 116 cm³/mol. The van der Waals surface area contributed by atoms with Gasteiger partial charge in [-0.05, 0) is 24.6 Å². The number of hydrogen-bond donors (Lipinski definition) is 1. The number of para-hydroxylation sites is 1. The van der Waals surface area contributed by atoms with E-state index >= 15 is 0 Å². The number of H-pyrrole nitrogens is 1. The fourth-order valence-corrected chi connectivity index (χ4v) is 7.91. The number of thioether (sulfide) groups is 1. The van der Waals surface area contributed by atoms with E-state index in [0.29, 0.717) is 25.1 Å². The third-order valence-corrected chi connectivity index (χ3v) is 9.10. The monoisotopic (exact) mass is 426 g/mol. The molecule has 0 spiro atoms. The Morgan fingerprint density at radius 2 is 1.90 bits per heavy atom. The van der Waals surface area contributed by atoms with Crippen LogP contribution in [0.5, 0.6) is 0 Å². The van der Waals surface area contributed by atoms with E-state index in [9.17, 15) is 13.2 Å². The van der Waals surface area contributed by atoms with Crippen LogP contribution in [0.1, 0.15) is 28.0 Å². The van der Waals surface area contributed by atoms with Gasteiger partial charge < -0.3 is 9.88 Å². The molecule has 2 aliphatic rings. The van der Waals surface area contributed by atoms with Gasteiger partial charge in [0.05, 0.1) is 17.1 Å². The van der Waals surface area contributed by atoms with Gasteiger partial charge in [0.15, 0.2) is 9.84 Å². The topological polar surface area (TPSA) is 70.2 Å². The Morgan fingerprint density at radius 3 is 2.72 bits per heavy atom. The SMILES string of the molecule is O=C(c1ccccc1S[C@@H]1CCS(=O)(=O)C1)N1CCc2[nH]c3ccccc3c2C1. The summed E-state index contributed by atoms with van der Waals surface area (Å²) in [6.07, 6.45) is 1.46. The molecule has 2 aromatic carbocycles. The lowest BCUT2D eigenvalue weighted by Crippen LogP contribution is -2.36. The Balaban J connectivity index is 1.40. The highest BCUT2D eigenvalue weighted by atomic mass is 32.2. The van der Waals surface area contributed by atoms with Gasteiger partial charge in [-0.25, -0.2) is 8.42 Å². The zero-order valence-corrected chi connectivity index (χ0v) is 17.6. The van der Waals surface area contributed by atoms with Crippen molar-refractivity contribution in [1.82, 2.24) is 9.88 Å². The second-order valence-corrected chi connectivity index (χ2v) is 11.3. The first-order valence-corrected chi connectivity index (χ1v) is 12.5. The number of aromatic amines is 1. The normalized spacial score (nSPS) is 20.7. The Bertz CT molecular complexity index is 1200. The van der Waals surface area contributed by atoms with Crippen molar-refractivity contribution < 1.29 is 13.2 Å². The van der Waals surface area contributed by atoms with Gasteiger partial charge in [0, 0.05) is 51.8 Å². The van der Waals surface area contributed by atoms with Crippen LogP contribution in [-0.4, -0.2) is 47.5 Å². The number of carbonyl (C=O) groups is 1. The zero-order chi connectivity index (χ0) is 20.0. The highest BCUT2D eigenvalue weighted by Gasteiger charge is 2.31. The van der Waals surface area contributed by atoms with Crippen molar-refractivity contribution in [2.24, 2.45) is 0 Å². The fraction of sp³-hybridized carbons (Fsp3) is 0.318. The van der Waals surface area contributed by atoms with Crippen molar-refractivity contribution in [3.8, 4) is 0 Å². The Kier molecular flexibility index (Phi) is 4.67. The van der Waals surface area contributed by atoms with Crippen molar-refractivity contribution in [2.45, 2.75) is 29.5 Å². The number of carbonyl (C=O) groups excluding carboxylic acids is 1. The summed E-state index contributed by atoms with van der Waals surface area (Å²) in [5, 5.41) is 1.20. The van der Waals surface area contributed by atoms with Crippen LogP contribution < -0.4 is 0 Å². The van der Waals surface area contributed by atoms with Gasteiger partial charge in [-0.2, -0.15) is 0 Å². The van der Waals surface area contributed by atoms with Crippen molar-refractivity contribution in [2.75, 3.05) is 18.1 Å². The quantitative estimate of drug-likeness (QED) is 0.694. The number of amides is 1. The Labute approximate surface area is 174 Å². The maximum atomic E-state index is 13.4. The summed E-state index contributed by atoms with van der Waals surface area (Å²) in [7, 11) is -2.94. The number of nitrogens with one attached hydrogen (secondary N) is 1. The summed E-state index contributed by atoms with van der Waals surface area (Å²) >= 11 is 1.53. The van der Waals surface area contributed by atoms with E-state index in [1.165, 1.54) is 28.4 Å². The molecular formula is C22H22N2O3S2. The summed E-state index contributed by atoms with van der Waals surface area (Å²) in [5.41, 5.74) is 4.21. The number of sulfone groups is 1. The van der Waals surface area contributed by atoms with Gasteiger partial charge >= 0.3 is 0 Å². The Hall–Kier alpha value is -2.25. The summed E-state index contributed by atoms with van der Waals surface area (Å²) < 4.78 is 23.6. The molecule has 1 fully saturated rings. The Morgan fingerprint density at radius 1 is 1.10 bits per heavy atom. The first-order chi connectivity index (χ1) is 14.0. The molecular weight excluding hydrogens is 404 g/mol. The predicted octanol–water partition coefficient (Wildman–Crippen LogP) is 3.65. The minimum atomic E-state index is -2.94. The minimum absolute atomic E-state index is 0.0184. The third-order valence-electron chi connectivity index (χ3n) is 5.77. The molecule has 0 aliphatic carbocycles. The molecule has 1 atom stereocenters. The molecule has 3 aromatic rings. The second-order valence-electron chi connectivity index (χ2n) is 7.74. The van der Waals surface area contributed by atoms with Crippen LogP contribution in [0.25, 0.3) is 10.9 Å². The summed E-state index contributed by atoms with van der Waals surface area (Å²) in [6.45, 7) is 1.27. The van der Waals surface area contributed by atoms with Gasteiger partial charge in [-0.1, -0.05) is 30.3 Å². The molecule has 29 heavy (non-hydrogen) atoms. The van der Waals surface area contributed by atoms with Crippen LogP contribution in [-0.2, 0) is 22.8 Å². The van der Waals surface area contributed by atoms with Crippen LogP contribution in [0.15, 0.2) is 53.4 Å². The number of nitrogens with zero attached hydrogens (tertiary/aromatic N) is 1. The highest BCUT2D eigenvalue weighted by molar-refractivity contribution is 8.02. The van der Waals surface area contributed by atoms with Crippen LogP contribution in [0.2, 0.25) is 0 Å². The van der Waals surface area contributed by atoms with Gasteiger partial charge in [-0.3, -0.25) is 4.79 Å². The number of hydrogen-bond acceptors (Lipinski definition) is 4. The number of rotatable bonds is 3. The van der Waals surface area contributed by atoms with E-state index in [0.717, 1.165) is 16.8 Å². The van der Waals surface area contributed by atoms with E-state index < -0.39 is 9.84 Å². The third kappa shape index (κ3) is 3.57. The molecule has 0 bridgehead atoms. The van der Waals surface area contributed by atoms with Crippen LogP contribution >= 0.6 is 11.8 Å². The first-order valence-electron chi connectivity index (χ1n) is 9.84. The van der Waals surface area contributed by atoms with E-state index in [1.54, 1.807) is 0 Å². The number of fused-ring (bicyclic) bond motifs is 3. The van der Waals surface area contributed by atoms with Crippen molar-refractivity contribution in [3.63, 3.8) is 0 Å². The largest absolute Gasteiger partial charge is 0.358 e. The van der Waals surface area contributed by atoms with Crippen LogP contribution in [0, 0.1) is 0 Å². The van der Waals surface area contributed by atoms with E-state index in [4.69, 9.17) is 0 Å². The lowest BCUT2D eigenvalue weighted by atomic mass is 10.0. The maximum Gasteiger partial charge on any atom is 0.255 e. The van der Waals surface area contributed by atoms with Crippen LogP contribution in [0.4, 0.5) is 0 Å². The fourth-order valence-electron chi connectivity index (χ4n) is 4.29. The molecule has 0 radical (unpaired) electrons. The molecule has 1 amide bonds. The summed E-state index contributed by atoms with van der Waals surface area (Å²) in [4.78, 5) is 19.6.